The topological polar surface area (TPSA) is 28.2 Å². The van der Waals surface area contributed by atoms with E-state index in [0.29, 0.717) is 6.04 Å². The summed E-state index contributed by atoms with van der Waals surface area (Å²) in [6, 6.07) is 6.71. The predicted octanol–water partition coefficient (Wildman–Crippen LogP) is 1.30. The maximum absolute atomic E-state index is 4.34. The monoisotopic (exact) mass is 227 g/mol. The maximum Gasteiger partial charge on any atom is 0.0543 e. The molecule has 0 amide bonds. The first-order chi connectivity index (χ1) is 6.84. The number of aromatic nitrogens is 1. The minimum atomic E-state index is 0. The molecule has 15 heavy (non-hydrogen) atoms. The predicted molar refractivity (Wildman–Crippen MR) is 64.2 cm³/mol. The van der Waals surface area contributed by atoms with Crippen molar-refractivity contribution in [3.8, 4) is 0 Å². The quantitative estimate of drug-likeness (QED) is 0.826. The zero-order chi connectivity index (χ0) is 9.80. The highest BCUT2D eigenvalue weighted by molar-refractivity contribution is 5.85. The summed E-state index contributed by atoms with van der Waals surface area (Å²) in [4.78, 5) is 6.78. The Balaban J connectivity index is 0.00000112. The van der Waals surface area contributed by atoms with E-state index >= 15 is 0 Å². The Labute approximate surface area is 97.3 Å². The molecular formula is C11H18ClN3. The lowest BCUT2D eigenvalue weighted by atomic mass is 10.2. The molecule has 1 N–H and O–H groups in total. The van der Waals surface area contributed by atoms with Crippen LogP contribution in [0.2, 0.25) is 0 Å². The second kappa shape index (κ2) is 6.05. The van der Waals surface area contributed by atoms with E-state index in [1.54, 1.807) is 0 Å². The molecule has 4 heteroatoms. The molecule has 1 aromatic rings. The van der Waals surface area contributed by atoms with Gasteiger partial charge in [0.15, 0.2) is 0 Å². The standard InChI is InChI=1S/C11H17N3.ClH/c1-10-8-14(7-6-12-10)9-11-4-2-3-5-13-11;/h2-5,10,12H,6-9H2,1H3;1H. The smallest absolute Gasteiger partial charge is 0.0543 e. The molecule has 3 nitrogen and oxygen atoms in total. The van der Waals surface area contributed by atoms with Crippen LogP contribution in [0.15, 0.2) is 24.4 Å². The van der Waals surface area contributed by atoms with Crippen LogP contribution < -0.4 is 5.32 Å². The summed E-state index contributed by atoms with van der Waals surface area (Å²) in [5.41, 5.74) is 1.17. The lowest BCUT2D eigenvalue weighted by Crippen LogP contribution is -2.48. The van der Waals surface area contributed by atoms with Crippen molar-refractivity contribution in [1.29, 1.82) is 0 Å². The Bertz CT molecular complexity index is 278. The summed E-state index contributed by atoms with van der Waals surface area (Å²) in [7, 11) is 0. The van der Waals surface area contributed by atoms with E-state index in [9.17, 15) is 0 Å². The summed E-state index contributed by atoms with van der Waals surface area (Å²) < 4.78 is 0. The van der Waals surface area contributed by atoms with Crippen LogP contribution >= 0.6 is 12.4 Å². The van der Waals surface area contributed by atoms with Crippen molar-refractivity contribution in [3.63, 3.8) is 0 Å². The van der Waals surface area contributed by atoms with Crippen LogP contribution in [0.5, 0.6) is 0 Å². The van der Waals surface area contributed by atoms with Crippen LogP contribution in [-0.4, -0.2) is 35.6 Å². The molecule has 84 valence electrons. The third kappa shape index (κ3) is 3.78. The lowest BCUT2D eigenvalue weighted by Gasteiger charge is -2.31. The number of rotatable bonds is 2. The molecule has 2 heterocycles. The summed E-state index contributed by atoms with van der Waals surface area (Å²) >= 11 is 0. The average Bonchev–Trinajstić information content (AvgIpc) is 2.19. The van der Waals surface area contributed by atoms with Gasteiger partial charge >= 0.3 is 0 Å². The van der Waals surface area contributed by atoms with Gasteiger partial charge in [-0.3, -0.25) is 9.88 Å². The first kappa shape index (κ1) is 12.4. The molecular weight excluding hydrogens is 210 g/mol. The SMILES string of the molecule is CC1CN(Cc2ccccn2)CCN1.Cl. The first-order valence-electron chi connectivity index (χ1n) is 5.20. The molecule has 1 aliphatic rings. The van der Waals surface area contributed by atoms with E-state index in [1.807, 2.05) is 18.3 Å². The van der Waals surface area contributed by atoms with E-state index < -0.39 is 0 Å². The van der Waals surface area contributed by atoms with Gasteiger partial charge in [-0.2, -0.15) is 0 Å². The van der Waals surface area contributed by atoms with Crippen molar-refractivity contribution in [2.75, 3.05) is 19.6 Å². The molecule has 1 fully saturated rings. The van der Waals surface area contributed by atoms with Crippen molar-refractivity contribution < 1.29 is 0 Å². The van der Waals surface area contributed by atoms with E-state index in [4.69, 9.17) is 0 Å². The van der Waals surface area contributed by atoms with Gasteiger partial charge < -0.3 is 5.32 Å². The van der Waals surface area contributed by atoms with E-state index in [0.717, 1.165) is 26.2 Å². The number of hydrogen-bond acceptors (Lipinski definition) is 3. The van der Waals surface area contributed by atoms with Crippen molar-refractivity contribution >= 4 is 12.4 Å². The highest BCUT2D eigenvalue weighted by Gasteiger charge is 2.15. The van der Waals surface area contributed by atoms with Gasteiger partial charge in [0.2, 0.25) is 0 Å². The maximum atomic E-state index is 4.34. The van der Waals surface area contributed by atoms with Crippen molar-refractivity contribution in [2.45, 2.75) is 19.5 Å². The number of piperazine rings is 1. The Morgan fingerprint density at radius 1 is 1.53 bits per heavy atom. The fourth-order valence-electron chi connectivity index (χ4n) is 1.88. The van der Waals surface area contributed by atoms with Crippen LogP contribution in [0.1, 0.15) is 12.6 Å². The first-order valence-corrected chi connectivity index (χ1v) is 5.20. The van der Waals surface area contributed by atoms with Gasteiger partial charge in [-0.15, -0.1) is 12.4 Å². The number of halogens is 1. The fourth-order valence-corrected chi connectivity index (χ4v) is 1.88. The van der Waals surface area contributed by atoms with Gasteiger partial charge in [-0.1, -0.05) is 6.07 Å². The number of nitrogens with one attached hydrogen (secondary N) is 1. The van der Waals surface area contributed by atoms with Gasteiger partial charge in [0, 0.05) is 38.4 Å². The fraction of sp³-hybridized carbons (Fsp3) is 0.545. The van der Waals surface area contributed by atoms with Gasteiger partial charge in [-0.05, 0) is 19.1 Å². The molecule has 1 atom stereocenters. The zero-order valence-corrected chi connectivity index (χ0v) is 9.83. The van der Waals surface area contributed by atoms with Crippen LogP contribution in [0.4, 0.5) is 0 Å². The van der Waals surface area contributed by atoms with Gasteiger partial charge in [0.25, 0.3) is 0 Å². The normalized spacial score (nSPS) is 22.1. The highest BCUT2D eigenvalue weighted by Crippen LogP contribution is 2.04. The Hall–Kier alpha value is -0.640. The number of nitrogens with zero attached hydrogens (tertiary/aromatic N) is 2. The average molecular weight is 228 g/mol. The Morgan fingerprint density at radius 3 is 3.07 bits per heavy atom. The Morgan fingerprint density at radius 2 is 2.40 bits per heavy atom. The van der Waals surface area contributed by atoms with E-state index in [1.165, 1.54) is 5.69 Å². The Kier molecular flexibility index (Phi) is 5.02. The summed E-state index contributed by atoms with van der Waals surface area (Å²) in [5, 5.41) is 3.44. The lowest BCUT2D eigenvalue weighted by molar-refractivity contribution is 0.197. The number of pyridine rings is 1. The van der Waals surface area contributed by atoms with Gasteiger partial charge in [0.05, 0.1) is 5.69 Å². The highest BCUT2D eigenvalue weighted by atomic mass is 35.5. The van der Waals surface area contributed by atoms with Crippen LogP contribution in [-0.2, 0) is 6.54 Å². The second-order valence-corrected chi connectivity index (χ2v) is 3.91. The molecule has 1 aromatic heterocycles. The summed E-state index contributed by atoms with van der Waals surface area (Å²) in [6.07, 6.45) is 1.86. The molecule has 1 unspecified atom stereocenters. The summed E-state index contributed by atoms with van der Waals surface area (Å²) in [6.45, 7) is 6.54. The van der Waals surface area contributed by atoms with E-state index in [-0.39, 0.29) is 12.4 Å². The second-order valence-electron chi connectivity index (χ2n) is 3.91. The van der Waals surface area contributed by atoms with Crippen molar-refractivity contribution in [1.82, 2.24) is 15.2 Å². The molecule has 1 aliphatic heterocycles. The minimum absolute atomic E-state index is 0. The van der Waals surface area contributed by atoms with Gasteiger partial charge in [-0.25, -0.2) is 0 Å². The zero-order valence-electron chi connectivity index (χ0n) is 9.02. The molecule has 0 bridgehead atoms. The number of hydrogen-bond donors (Lipinski definition) is 1. The van der Waals surface area contributed by atoms with Crippen LogP contribution in [0.25, 0.3) is 0 Å². The molecule has 0 saturated carbocycles. The third-order valence-corrected chi connectivity index (χ3v) is 2.56. The van der Waals surface area contributed by atoms with Crippen LogP contribution in [0.3, 0.4) is 0 Å². The molecule has 0 radical (unpaired) electrons. The van der Waals surface area contributed by atoms with Crippen LogP contribution in [0, 0.1) is 0 Å². The van der Waals surface area contributed by atoms with Gasteiger partial charge in [0.1, 0.15) is 0 Å². The third-order valence-electron chi connectivity index (χ3n) is 2.56. The van der Waals surface area contributed by atoms with Crippen molar-refractivity contribution in [3.05, 3.63) is 30.1 Å². The molecule has 0 aromatic carbocycles. The summed E-state index contributed by atoms with van der Waals surface area (Å²) in [5.74, 6) is 0. The van der Waals surface area contributed by atoms with E-state index in [2.05, 4.69) is 28.2 Å². The molecule has 1 saturated heterocycles. The molecule has 0 aliphatic carbocycles. The van der Waals surface area contributed by atoms with Crippen molar-refractivity contribution in [2.24, 2.45) is 0 Å². The largest absolute Gasteiger partial charge is 0.312 e. The minimum Gasteiger partial charge on any atom is -0.312 e. The molecule has 2 rings (SSSR count). The molecule has 0 spiro atoms.